The summed E-state index contributed by atoms with van der Waals surface area (Å²) in [4.78, 5) is 27.3. The van der Waals surface area contributed by atoms with E-state index in [-0.39, 0.29) is 17.2 Å². The van der Waals surface area contributed by atoms with Gasteiger partial charge in [0, 0.05) is 11.4 Å². The molecule has 0 aliphatic heterocycles. The van der Waals surface area contributed by atoms with Gasteiger partial charge in [-0.05, 0) is 54.0 Å². The molecule has 0 saturated carbocycles. The molecule has 2 aromatic heterocycles. The largest absolute Gasteiger partial charge is 0.352 e. The lowest BCUT2D eigenvalue weighted by molar-refractivity contribution is 0.0953. The molecule has 1 atom stereocenters. The van der Waals surface area contributed by atoms with E-state index in [4.69, 9.17) is 0 Å². The molecular weight excluding hydrogens is 376 g/mol. The van der Waals surface area contributed by atoms with Crippen molar-refractivity contribution < 1.29 is 9.59 Å². The van der Waals surface area contributed by atoms with Crippen molar-refractivity contribution in [2.24, 2.45) is 11.3 Å². The first-order chi connectivity index (χ1) is 12.8. The maximum absolute atomic E-state index is 12.9. The van der Waals surface area contributed by atoms with Crippen LogP contribution >= 0.6 is 22.7 Å². The first kappa shape index (κ1) is 20.1. The van der Waals surface area contributed by atoms with Gasteiger partial charge in [0.15, 0.2) is 0 Å². The summed E-state index contributed by atoms with van der Waals surface area (Å²) >= 11 is 2.99. The molecule has 0 unspecified atom stereocenters. The molecule has 0 aromatic carbocycles. The molecule has 0 radical (unpaired) electrons. The molecule has 2 aromatic rings. The number of thiophene rings is 2. The van der Waals surface area contributed by atoms with Crippen molar-refractivity contribution in [1.82, 2.24) is 5.32 Å². The summed E-state index contributed by atoms with van der Waals surface area (Å²) in [5.41, 5.74) is 2.06. The number of amides is 2. The fraction of sp³-hybridized carbons (Fsp3) is 0.524. The Bertz CT molecular complexity index is 816. The predicted molar refractivity (Wildman–Crippen MR) is 114 cm³/mol. The highest BCUT2D eigenvalue weighted by Crippen LogP contribution is 2.44. The lowest BCUT2D eigenvalue weighted by Crippen LogP contribution is -2.29. The summed E-state index contributed by atoms with van der Waals surface area (Å²) in [5, 5.41) is 8.59. The molecule has 0 spiro atoms. The average Bonchev–Trinajstić information content (AvgIpc) is 3.25. The van der Waals surface area contributed by atoms with Crippen molar-refractivity contribution >= 4 is 39.5 Å². The lowest BCUT2D eigenvalue weighted by Gasteiger charge is -2.33. The van der Waals surface area contributed by atoms with Crippen LogP contribution in [-0.2, 0) is 12.8 Å². The summed E-state index contributed by atoms with van der Waals surface area (Å²) < 4.78 is 0. The zero-order valence-electron chi connectivity index (χ0n) is 16.5. The van der Waals surface area contributed by atoms with E-state index in [2.05, 4.69) is 31.4 Å². The lowest BCUT2D eigenvalue weighted by atomic mass is 9.72. The van der Waals surface area contributed by atoms with Crippen LogP contribution in [0.5, 0.6) is 0 Å². The maximum atomic E-state index is 12.9. The van der Waals surface area contributed by atoms with E-state index in [1.54, 1.807) is 17.4 Å². The summed E-state index contributed by atoms with van der Waals surface area (Å²) in [6.45, 7) is 9.53. The first-order valence-corrected chi connectivity index (χ1v) is 11.3. The van der Waals surface area contributed by atoms with Gasteiger partial charge in [0.2, 0.25) is 0 Å². The summed E-state index contributed by atoms with van der Waals surface area (Å²) in [6, 6.07) is 3.67. The van der Waals surface area contributed by atoms with Crippen molar-refractivity contribution in [3.05, 3.63) is 38.4 Å². The van der Waals surface area contributed by atoms with Crippen LogP contribution in [0.2, 0.25) is 0 Å². The van der Waals surface area contributed by atoms with E-state index in [1.807, 2.05) is 18.4 Å². The Labute approximate surface area is 169 Å². The fourth-order valence-electron chi connectivity index (χ4n) is 3.55. The number of carbonyl (C=O) groups excluding carboxylic acids is 2. The van der Waals surface area contributed by atoms with E-state index in [9.17, 15) is 9.59 Å². The standard InChI is InChI=1S/C21H28N2O2S2/c1-5-10-22-19(25)17-14-9-8-13(21(2,3)4)12-16(14)27-20(17)23-18(24)15-7-6-11-26-15/h6-7,11,13H,5,8-10,12H2,1-4H3,(H,22,25)(H,23,24)/t13-/m1/s1. The van der Waals surface area contributed by atoms with Gasteiger partial charge >= 0.3 is 0 Å². The van der Waals surface area contributed by atoms with Gasteiger partial charge in [-0.15, -0.1) is 22.7 Å². The van der Waals surface area contributed by atoms with Crippen molar-refractivity contribution in [3.63, 3.8) is 0 Å². The third kappa shape index (κ3) is 4.43. The number of rotatable bonds is 5. The zero-order valence-corrected chi connectivity index (χ0v) is 18.1. The number of anilines is 1. The Morgan fingerprint density at radius 1 is 1.26 bits per heavy atom. The number of hydrogen-bond acceptors (Lipinski definition) is 4. The van der Waals surface area contributed by atoms with Crippen LogP contribution in [0.25, 0.3) is 0 Å². The minimum atomic E-state index is -0.138. The van der Waals surface area contributed by atoms with Crippen molar-refractivity contribution in [3.8, 4) is 0 Å². The van der Waals surface area contributed by atoms with Gasteiger partial charge in [-0.3, -0.25) is 9.59 Å². The normalized spacial score (nSPS) is 16.7. The minimum Gasteiger partial charge on any atom is -0.352 e. The van der Waals surface area contributed by atoms with Crippen LogP contribution in [0.1, 0.15) is 71.0 Å². The van der Waals surface area contributed by atoms with Gasteiger partial charge in [-0.25, -0.2) is 0 Å². The Morgan fingerprint density at radius 2 is 2.04 bits per heavy atom. The van der Waals surface area contributed by atoms with Gasteiger partial charge in [0.1, 0.15) is 5.00 Å². The summed E-state index contributed by atoms with van der Waals surface area (Å²) in [6.07, 6.45) is 3.85. The highest BCUT2D eigenvalue weighted by molar-refractivity contribution is 7.17. The Kier molecular flexibility index (Phi) is 6.06. The minimum absolute atomic E-state index is 0.0648. The van der Waals surface area contributed by atoms with Crippen LogP contribution in [0, 0.1) is 11.3 Å². The van der Waals surface area contributed by atoms with Gasteiger partial charge in [-0.2, -0.15) is 0 Å². The molecular formula is C21H28N2O2S2. The molecule has 0 saturated heterocycles. The van der Waals surface area contributed by atoms with Gasteiger partial charge in [0.25, 0.3) is 11.8 Å². The molecule has 27 heavy (non-hydrogen) atoms. The SMILES string of the molecule is CCCNC(=O)c1c(NC(=O)c2cccs2)sc2c1CC[C@@H](C(C)(C)C)C2. The highest BCUT2D eigenvalue weighted by atomic mass is 32.1. The number of fused-ring (bicyclic) bond motifs is 1. The molecule has 4 nitrogen and oxygen atoms in total. The van der Waals surface area contributed by atoms with Crippen LogP contribution in [0.4, 0.5) is 5.00 Å². The third-order valence-corrected chi connectivity index (χ3v) is 7.26. The smallest absolute Gasteiger partial charge is 0.266 e. The molecule has 146 valence electrons. The second-order valence-corrected chi connectivity index (χ2v) is 10.3. The molecule has 2 N–H and O–H groups in total. The molecule has 2 amide bonds. The third-order valence-electron chi connectivity index (χ3n) is 5.22. The Hall–Kier alpha value is -1.66. The van der Waals surface area contributed by atoms with Crippen LogP contribution in [0.15, 0.2) is 17.5 Å². The summed E-state index contributed by atoms with van der Waals surface area (Å²) in [5.74, 6) is 0.390. The van der Waals surface area contributed by atoms with E-state index in [0.717, 1.165) is 31.2 Å². The van der Waals surface area contributed by atoms with E-state index < -0.39 is 0 Å². The number of carbonyl (C=O) groups is 2. The number of nitrogens with one attached hydrogen (secondary N) is 2. The highest BCUT2D eigenvalue weighted by Gasteiger charge is 2.34. The van der Waals surface area contributed by atoms with Gasteiger partial charge < -0.3 is 10.6 Å². The topological polar surface area (TPSA) is 58.2 Å². The van der Waals surface area contributed by atoms with E-state index >= 15 is 0 Å². The van der Waals surface area contributed by atoms with Crippen molar-refractivity contribution in [1.29, 1.82) is 0 Å². The molecule has 0 fully saturated rings. The van der Waals surface area contributed by atoms with Crippen molar-refractivity contribution in [2.75, 3.05) is 11.9 Å². The molecule has 3 rings (SSSR count). The second-order valence-electron chi connectivity index (χ2n) is 8.20. The summed E-state index contributed by atoms with van der Waals surface area (Å²) in [7, 11) is 0. The van der Waals surface area contributed by atoms with Crippen LogP contribution in [-0.4, -0.2) is 18.4 Å². The fourth-order valence-corrected chi connectivity index (χ4v) is 5.49. The second kappa shape index (κ2) is 8.15. The van der Waals surface area contributed by atoms with Gasteiger partial charge in [0.05, 0.1) is 10.4 Å². The molecule has 2 heterocycles. The quantitative estimate of drug-likeness (QED) is 0.705. The monoisotopic (exact) mass is 404 g/mol. The van der Waals surface area contributed by atoms with Crippen LogP contribution < -0.4 is 10.6 Å². The van der Waals surface area contributed by atoms with E-state index in [1.165, 1.54) is 16.2 Å². The molecule has 0 bridgehead atoms. The van der Waals surface area contributed by atoms with Crippen LogP contribution in [0.3, 0.4) is 0 Å². The molecule has 1 aliphatic rings. The number of hydrogen-bond donors (Lipinski definition) is 2. The average molecular weight is 405 g/mol. The molecule has 1 aliphatic carbocycles. The maximum Gasteiger partial charge on any atom is 0.266 e. The van der Waals surface area contributed by atoms with E-state index in [0.29, 0.717) is 27.9 Å². The first-order valence-electron chi connectivity index (χ1n) is 9.58. The Balaban J connectivity index is 1.93. The Morgan fingerprint density at radius 3 is 2.67 bits per heavy atom. The molecule has 6 heteroatoms. The van der Waals surface area contributed by atoms with Gasteiger partial charge in [-0.1, -0.05) is 33.8 Å². The predicted octanol–water partition coefficient (Wildman–Crippen LogP) is 5.35. The zero-order chi connectivity index (χ0) is 19.6. The van der Waals surface area contributed by atoms with Crippen molar-refractivity contribution in [2.45, 2.75) is 53.4 Å².